The van der Waals surface area contributed by atoms with Crippen molar-refractivity contribution in [1.82, 2.24) is 9.55 Å². The Bertz CT molecular complexity index is 527. The van der Waals surface area contributed by atoms with Crippen molar-refractivity contribution in [3.05, 3.63) is 42.7 Å². The molecule has 0 amide bonds. The molecule has 4 heteroatoms. The molecule has 4 nitrogen and oxygen atoms in total. The number of aliphatic hydroxyl groups excluding tert-OH is 1. The zero-order chi connectivity index (χ0) is 13.2. The number of rotatable bonds is 3. The van der Waals surface area contributed by atoms with E-state index in [2.05, 4.69) is 21.7 Å². The molecule has 0 radical (unpaired) electrons. The second-order valence-corrected chi connectivity index (χ2v) is 5.34. The summed E-state index contributed by atoms with van der Waals surface area (Å²) in [6.45, 7) is 0.870. The number of imidazole rings is 1. The first-order valence-electron chi connectivity index (χ1n) is 6.74. The summed E-state index contributed by atoms with van der Waals surface area (Å²) >= 11 is 0. The molecule has 1 aliphatic rings. The van der Waals surface area contributed by atoms with Gasteiger partial charge in [0.2, 0.25) is 0 Å². The van der Waals surface area contributed by atoms with E-state index in [1.54, 1.807) is 0 Å². The van der Waals surface area contributed by atoms with E-state index < -0.39 is 0 Å². The number of hydrogen-bond acceptors (Lipinski definition) is 3. The van der Waals surface area contributed by atoms with E-state index in [0.717, 1.165) is 30.8 Å². The van der Waals surface area contributed by atoms with Crippen molar-refractivity contribution < 1.29 is 5.11 Å². The Morgan fingerprint density at radius 3 is 2.74 bits per heavy atom. The number of nitrogens with two attached hydrogens (primary N) is 1. The van der Waals surface area contributed by atoms with Crippen LogP contribution in [0.25, 0.3) is 11.4 Å². The van der Waals surface area contributed by atoms with Crippen LogP contribution in [-0.4, -0.2) is 26.8 Å². The fraction of sp³-hybridized carbons (Fsp3) is 0.400. The number of aliphatic hydroxyl groups is 1. The molecule has 0 spiro atoms. The van der Waals surface area contributed by atoms with Crippen LogP contribution in [0, 0.1) is 5.92 Å². The van der Waals surface area contributed by atoms with Crippen molar-refractivity contribution in [2.75, 3.05) is 0 Å². The Morgan fingerprint density at radius 1 is 1.26 bits per heavy atom. The largest absolute Gasteiger partial charge is 0.392 e. The monoisotopic (exact) mass is 257 g/mol. The Hall–Kier alpha value is -1.65. The van der Waals surface area contributed by atoms with Crippen molar-refractivity contribution in [2.24, 2.45) is 11.7 Å². The molecule has 1 saturated carbocycles. The summed E-state index contributed by atoms with van der Waals surface area (Å²) in [7, 11) is 0. The van der Waals surface area contributed by atoms with E-state index in [-0.39, 0.29) is 12.1 Å². The maximum Gasteiger partial charge on any atom is 0.139 e. The summed E-state index contributed by atoms with van der Waals surface area (Å²) in [5.41, 5.74) is 6.99. The summed E-state index contributed by atoms with van der Waals surface area (Å²) in [6.07, 6.45) is 5.14. The predicted octanol–water partition coefficient (Wildman–Crippen LogP) is 1.65. The highest BCUT2D eigenvalue weighted by Gasteiger charge is 2.30. The molecule has 0 bridgehead atoms. The van der Waals surface area contributed by atoms with E-state index in [1.807, 2.05) is 30.6 Å². The lowest BCUT2D eigenvalue weighted by molar-refractivity contribution is 0.160. The van der Waals surface area contributed by atoms with Gasteiger partial charge in [-0.1, -0.05) is 30.3 Å². The Balaban J connectivity index is 1.78. The number of aromatic nitrogens is 2. The van der Waals surface area contributed by atoms with E-state index in [4.69, 9.17) is 5.73 Å². The van der Waals surface area contributed by atoms with Crippen LogP contribution in [0.5, 0.6) is 0 Å². The summed E-state index contributed by atoms with van der Waals surface area (Å²) in [5.74, 6) is 1.41. The number of benzene rings is 1. The zero-order valence-corrected chi connectivity index (χ0v) is 10.8. The average molecular weight is 257 g/mol. The van der Waals surface area contributed by atoms with Crippen LogP contribution in [0.2, 0.25) is 0 Å². The highest BCUT2D eigenvalue weighted by molar-refractivity contribution is 5.55. The Labute approximate surface area is 112 Å². The molecule has 0 saturated heterocycles. The van der Waals surface area contributed by atoms with Gasteiger partial charge in [0.25, 0.3) is 0 Å². The minimum atomic E-state index is -0.353. The zero-order valence-electron chi connectivity index (χ0n) is 10.8. The standard InChI is InChI=1S/C15H19N3O/c16-13-8-11(9-14(13)19)10-18-7-6-17-15(18)12-4-2-1-3-5-12/h1-7,11,13-14,19H,8-10,16H2/t11?,13-,14-/m1/s1. The van der Waals surface area contributed by atoms with Gasteiger partial charge in [0.1, 0.15) is 5.82 Å². The first kappa shape index (κ1) is 12.4. The van der Waals surface area contributed by atoms with Crippen LogP contribution in [0.1, 0.15) is 12.8 Å². The third-order valence-corrected chi connectivity index (χ3v) is 3.88. The molecule has 1 aromatic heterocycles. The maximum atomic E-state index is 9.73. The average Bonchev–Trinajstić information content (AvgIpc) is 2.99. The van der Waals surface area contributed by atoms with Crippen molar-refractivity contribution in [1.29, 1.82) is 0 Å². The van der Waals surface area contributed by atoms with Crippen LogP contribution >= 0.6 is 0 Å². The first-order chi connectivity index (χ1) is 9.24. The van der Waals surface area contributed by atoms with Crippen molar-refractivity contribution in [3.63, 3.8) is 0 Å². The lowest BCUT2D eigenvalue weighted by Gasteiger charge is -2.13. The lowest BCUT2D eigenvalue weighted by Crippen LogP contribution is -2.28. The van der Waals surface area contributed by atoms with Crippen LogP contribution in [0.15, 0.2) is 42.7 Å². The molecule has 19 heavy (non-hydrogen) atoms. The third-order valence-electron chi connectivity index (χ3n) is 3.88. The van der Waals surface area contributed by atoms with Gasteiger partial charge in [-0.2, -0.15) is 0 Å². The molecular formula is C15H19N3O. The van der Waals surface area contributed by atoms with Crippen molar-refractivity contribution in [2.45, 2.75) is 31.5 Å². The molecule has 3 N–H and O–H groups in total. The number of hydrogen-bond donors (Lipinski definition) is 2. The van der Waals surface area contributed by atoms with Gasteiger partial charge in [-0.15, -0.1) is 0 Å². The Morgan fingerprint density at radius 2 is 2.05 bits per heavy atom. The first-order valence-corrected chi connectivity index (χ1v) is 6.74. The van der Waals surface area contributed by atoms with E-state index in [0.29, 0.717) is 5.92 Å². The minimum absolute atomic E-state index is 0.0753. The van der Waals surface area contributed by atoms with Gasteiger partial charge in [0, 0.05) is 30.5 Å². The lowest BCUT2D eigenvalue weighted by atomic mass is 10.1. The molecular weight excluding hydrogens is 238 g/mol. The normalized spacial score (nSPS) is 26.7. The summed E-state index contributed by atoms with van der Waals surface area (Å²) < 4.78 is 2.16. The van der Waals surface area contributed by atoms with E-state index in [1.165, 1.54) is 0 Å². The van der Waals surface area contributed by atoms with Gasteiger partial charge in [-0.05, 0) is 18.8 Å². The highest BCUT2D eigenvalue weighted by Crippen LogP contribution is 2.28. The molecule has 0 aliphatic heterocycles. The molecule has 1 fully saturated rings. The fourth-order valence-electron chi connectivity index (χ4n) is 2.89. The fourth-order valence-corrected chi connectivity index (χ4v) is 2.89. The van der Waals surface area contributed by atoms with Gasteiger partial charge in [0.15, 0.2) is 0 Å². The predicted molar refractivity (Wildman–Crippen MR) is 74.4 cm³/mol. The van der Waals surface area contributed by atoms with Crippen molar-refractivity contribution >= 4 is 0 Å². The maximum absolute atomic E-state index is 9.73. The summed E-state index contributed by atoms with van der Waals surface area (Å²) in [4.78, 5) is 4.44. The van der Waals surface area contributed by atoms with Gasteiger partial charge in [-0.25, -0.2) is 4.98 Å². The molecule has 3 atom stereocenters. The van der Waals surface area contributed by atoms with Gasteiger partial charge in [0.05, 0.1) is 6.10 Å². The molecule has 3 rings (SSSR count). The van der Waals surface area contributed by atoms with Gasteiger partial charge >= 0.3 is 0 Å². The second kappa shape index (κ2) is 5.15. The van der Waals surface area contributed by atoms with Crippen LogP contribution in [0.3, 0.4) is 0 Å². The third kappa shape index (κ3) is 2.55. The molecule has 100 valence electrons. The molecule has 1 heterocycles. The smallest absolute Gasteiger partial charge is 0.139 e. The minimum Gasteiger partial charge on any atom is -0.392 e. The molecule has 2 aromatic rings. The summed E-state index contributed by atoms with van der Waals surface area (Å²) in [6, 6.07) is 10.1. The Kier molecular flexibility index (Phi) is 3.36. The van der Waals surface area contributed by atoms with Crippen LogP contribution < -0.4 is 5.73 Å². The summed E-state index contributed by atoms with van der Waals surface area (Å²) in [5, 5.41) is 9.73. The second-order valence-electron chi connectivity index (χ2n) is 5.34. The van der Waals surface area contributed by atoms with Gasteiger partial charge in [-0.3, -0.25) is 0 Å². The van der Waals surface area contributed by atoms with E-state index >= 15 is 0 Å². The number of nitrogens with zero attached hydrogens (tertiary/aromatic N) is 2. The molecule has 1 aliphatic carbocycles. The van der Waals surface area contributed by atoms with Gasteiger partial charge < -0.3 is 15.4 Å². The quantitative estimate of drug-likeness (QED) is 0.878. The molecule has 1 aromatic carbocycles. The van der Waals surface area contributed by atoms with Crippen molar-refractivity contribution in [3.8, 4) is 11.4 Å². The molecule has 1 unspecified atom stereocenters. The SMILES string of the molecule is N[C@@H]1CC(Cn2ccnc2-c2ccccc2)C[C@H]1O. The van der Waals surface area contributed by atoms with Crippen LogP contribution in [0.4, 0.5) is 0 Å². The van der Waals surface area contributed by atoms with E-state index in [9.17, 15) is 5.11 Å². The van der Waals surface area contributed by atoms with Crippen LogP contribution in [-0.2, 0) is 6.54 Å². The topological polar surface area (TPSA) is 64.1 Å². The highest BCUT2D eigenvalue weighted by atomic mass is 16.3.